The van der Waals surface area contributed by atoms with Gasteiger partial charge in [-0.05, 0) is 36.2 Å². The highest BCUT2D eigenvalue weighted by atomic mass is 16.2. The Kier molecular flexibility index (Phi) is 8.50. The molecule has 0 aliphatic carbocycles. The Balaban J connectivity index is 1.69. The number of nitrogens with zero attached hydrogens (tertiary/aromatic N) is 3. The highest BCUT2D eigenvalue weighted by Gasteiger charge is 2.26. The summed E-state index contributed by atoms with van der Waals surface area (Å²) in [5, 5.41) is 5.49. The van der Waals surface area contributed by atoms with Crippen LogP contribution in [0.2, 0.25) is 0 Å². The zero-order valence-electron chi connectivity index (χ0n) is 19.4. The van der Waals surface area contributed by atoms with E-state index in [1.54, 1.807) is 0 Å². The first kappa shape index (κ1) is 23.6. The number of carbonyl (C=O) groups excluding carboxylic acids is 2. The van der Waals surface area contributed by atoms with Gasteiger partial charge in [0.15, 0.2) is 0 Å². The minimum atomic E-state index is -0.573. The first-order valence-electron chi connectivity index (χ1n) is 11.4. The number of hydrogen-bond donors (Lipinski definition) is 2. The van der Waals surface area contributed by atoms with E-state index in [0.717, 1.165) is 43.9 Å². The van der Waals surface area contributed by atoms with E-state index in [2.05, 4.69) is 73.9 Å². The second-order valence-electron chi connectivity index (χ2n) is 8.33. The van der Waals surface area contributed by atoms with Gasteiger partial charge < -0.3 is 20.4 Å². The van der Waals surface area contributed by atoms with E-state index < -0.39 is 11.8 Å². The number of carbonyl (C=O) groups is 2. The number of anilines is 2. The molecule has 7 nitrogen and oxygen atoms in total. The predicted octanol–water partition coefficient (Wildman–Crippen LogP) is 2.26. The molecule has 0 unspecified atom stereocenters. The fraction of sp³-hybridized carbons (Fsp3) is 0.440. The lowest BCUT2D eigenvalue weighted by molar-refractivity contribution is -0.139. The monoisotopic (exact) mass is 437 g/mol. The second kappa shape index (κ2) is 11.5. The van der Waals surface area contributed by atoms with Gasteiger partial charge in [0.25, 0.3) is 0 Å². The van der Waals surface area contributed by atoms with E-state index in [9.17, 15) is 9.59 Å². The molecule has 1 heterocycles. The number of benzene rings is 2. The summed E-state index contributed by atoms with van der Waals surface area (Å²) >= 11 is 0. The van der Waals surface area contributed by atoms with Crippen LogP contribution >= 0.6 is 0 Å². The zero-order chi connectivity index (χ0) is 22.9. The molecule has 2 N–H and O–H groups in total. The summed E-state index contributed by atoms with van der Waals surface area (Å²) in [6.45, 7) is 6.46. The Bertz CT molecular complexity index is 862. The van der Waals surface area contributed by atoms with Crippen LogP contribution in [0.5, 0.6) is 0 Å². The van der Waals surface area contributed by atoms with Crippen LogP contribution < -0.4 is 20.4 Å². The summed E-state index contributed by atoms with van der Waals surface area (Å²) in [5.41, 5.74) is 3.50. The van der Waals surface area contributed by atoms with Crippen molar-refractivity contribution in [2.45, 2.75) is 19.4 Å². The molecule has 0 spiro atoms. The number of nitrogens with one attached hydrogen (secondary N) is 2. The molecule has 7 heteroatoms. The van der Waals surface area contributed by atoms with E-state index >= 15 is 0 Å². The summed E-state index contributed by atoms with van der Waals surface area (Å²) in [6, 6.07) is 18.9. The molecule has 172 valence electrons. The van der Waals surface area contributed by atoms with Crippen molar-refractivity contribution < 1.29 is 9.59 Å². The van der Waals surface area contributed by atoms with E-state index in [4.69, 9.17) is 0 Å². The third kappa shape index (κ3) is 6.23. The van der Waals surface area contributed by atoms with E-state index in [1.807, 2.05) is 27.1 Å². The molecule has 1 saturated heterocycles. The maximum atomic E-state index is 12.3. The molecule has 2 amide bonds. The van der Waals surface area contributed by atoms with Gasteiger partial charge in [-0.15, -0.1) is 0 Å². The highest BCUT2D eigenvalue weighted by molar-refractivity contribution is 6.35. The number of amides is 2. The lowest BCUT2D eigenvalue weighted by Gasteiger charge is -2.40. The maximum absolute atomic E-state index is 12.3. The van der Waals surface area contributed by atoms with E-state index in [0.29, 0.717) is 13.1 Å². The Morgan fingerprint density at radius 3 is 2.12 bits per heavy atom. The van der Waals surface area contributed by atoms with Gasteiger partial charge in [-0.2, -0.15) is 0 Å². The van der Waals surface area contributed by atoms with Crippen molar-refractivity contribution >= 4 is 23.2 Å². The standard InChI is InChI=1S/C25H35N5O2/c1-4-14-26-24(31)25(32)27-19-23(20-10-12-21(13-11-20)28(2)3)30-17-15-29(16-18-30)22-8-6-5-7-9-22/h5-13,23H,4,14-19H2,1-3H3,(H,26,31)(H,27,32)/t23-/m1/s1. The third-order valence-electron chi connectivity index (χ3n) is 5.87. The van der Waals surface area contributed by atoms with E-state index in [-0.39, 0.29) is 6.04 Å². The lowest BCUT2D eigenvalue weighted by Crippen LogP contribution is -2.50. The first-order chi connectivity index (χ1) is 15.5. The Morgan fingerprint density at radius 2 is 1.53 bits per heavy atom. The molecule has 0 bridgehead atoms. The van der Waals surface area contributed by atoms with Crippen LogP contribution in [0.1, 0.15) is 24.9 Å². The smallest absolute Gasteiger partial charge is 0.309 e. The zero-order valence-corrected chi connectivity index (χ0v) is 19.4. The third-order valence-corrected chi connectivity index (χ3v) is 5.87. The summed E-state index contributed by atoms with van der Waals surface area (Å²) in [7, 11) is 4.04. The molecule has 3 rings (SSSR count). The number of rotatable bonds is 8. The van der Waals surface area contributed by atoms with Crippen molar-refractivity contribution in [3.05, 3.63) is 60.2 Å². The Hall–Kier alpha value is -3.06. The topological polar surface area (TPSA) is 67.9 Å². The Morgan fingerprint density at radius 1 is 0.906 bits per heavy atom. The second-order valence-corrected chi connectivity index (χ2v) is 8.33. The average molecular weight is 438 g/mol. The van der Waals surface area contributed by atoms with Gasteiger partial charge >= 0.3 is 11.8 Å². The van der Waals surface area contributed by atoms with Gasteiger partial charge in [0.05, 0.1) is 6.04 Å². The molecular weight excluding hydrogens is 402 g/mol. The molecule has 2 aromatic rings. The fourth-order valence-electron chi connectivity index (χ4n) is 3.97. The molecule has 1 atom stereocenters. The molecule has 1 aliphatic heterocycles. The summed E-state index contributed by atoms with van der Waals surface area (Å²) in [4.78, 5) is 31.1. The number of piperazine rings is 1. The fourth-order valence-corrected chi connectivity index (χ4v) is 3.97. The van der Waals surface area contributed by atoms with Crippen molar-refractivity contribution in [1.82, 2.24) is 15.5 Å². The number of hydrogen-bond acceptors (Lipinski definition) is 5. The maximum Gasteiger partial charge on any atom is 0.309 e. The Labute approximate surface area is 191 Å². The van der Waals surface area contributed by atoms with Crippen LogP contribution in [0, 0.1) is 0 Å². The van der Waals surface area contributed by atoms with Crippen LogP contribution in [0.3, 0.4) is 0 Å². The predicted molar refractivity (Wildman–Crippen MR) is 130 cm³/mol. The van der Waals surface area contributed by atoms with Gasteiger partial charge in [0.2, 0.25) is 0 Å². The van der Waals surface area contributed by atoms with Gasteiger partial charge in [0, 0.05) is 64.7 Å². The minimum absolute atomic E-state index is 0.00654. The van der Waals surface area contributed by atoms with Crippen LogP contribution in [0.15, 0.2) is 54.6 Å². The first-order valence-corrected chi connectivity index (χ1v) is 11.4. The molecule has 0 radical (unpaired) electrons. The largest absolute Gasteiger partial charge is 0.378 e. The molecular formula is C25H35N5O2. The quantitative estimate of drug-likeness (QED) is 0.620. The number of para-hydroxylation sites is 1. The van der Waals surface area contributed by atoms with Crippen molar-refractivity contribution in [1.29, 1.82) is 0 Å². The normalized spacial score (nSPS) is 15.2. The van der Waals surface area contributed by atoms with Crippen LogP contribution in [-0.4, -0.2) is 70.1 Å². The highest BCUT2D eigenvalue weighted by Crippen LogP contribution is 2.25. The molecule has 1 fully saturated rings. The van der Waals surface area contributed by atoms with Crippen LogP contribution in [0.25, 0.3) is 0 Å². The van der Waals surface area contributed by atoms with Crippen LogP contribution in [-0.2, 0) is 9.59 Å². The average Bonchev–Trinajstić information content (AvgIpc) is 2.83. The van der Waals surface area contributed by atoms with Crippen LogP contribution in [0.4, 0.5) is 11.4 Å². The SMILES string of the molecule is CCCNC(=O)C(=O)NC[C@H](c1ccc(N(C)C)cc1)N1CCN(c2ccccc2)CC1. The van der Waals surface area contributed by atoms with Crippen molar-refractivity contribution in [2.24, 2.45) is 0 Å². The molecule has 2 aromatic carbocycles. The molecule has 32 heavy (non-hydrogen) atoms. The van der Waals surface area contributed by atoms with Gasteiger partial charge in [0.1, 0.15) is 0 Å². The summed E-state index contributed by atoms with van der Waals surface area (Å²) in [5.74, 6) is -1.14. The minimum Gasteiger partial charge on any atom is -0.378 e. The lowest BCUT2D eigenvalue weighted by atomic mass is 10.0. The summed E-state index contributed by atoms with van der Waals surface area (Å²) < 4.78 is 0. The van der Waals surface area contributed by atoms with Crippen molar-refractivity contribution in [3.63, 3.8) is 0 Å². The van der Waals surface area contributed by atoms with Gasteiger partial charge in [-0.25, -0.2) is 0 Å². The van der Waals surface area contributed by atoms with Gasteiger partial charge in [-0.3, -0.25) is 14.5 Å². The van der Waals surface area contributed by atoms with Gasteiger partial charge in [-0.1, -0.05) is 37.3 Å². The van der Waals surface area contributed by atoms with E-state index in [1.165, 1.54) is 5.69 Å². The van der Waals surface area contributed by atoms with Crippen molar-refractivity contribution in [2.75, 3.05) is 63.2 Å². The van der Waals surface area contributed by atoms with Crippen molar-refractivity contribution in [3.8, 4) is 0 Å². The molecule has 1 aliphatic rings. The molecule has 0 aromatic heterocycles. The molecule has 0 saturated carbocycles. The summed E-state index contributed by atoms with van der Waals surface area (Å²) in [6.07, 6.45) is 0.797.